The molecular formula is C13H21N3OS. The van der Waals surface area contributed by atoms with Gasteiger partial charge in [-0.2, -0.15) is 0 Å². The van der Waals surface area contributed by atoms with Crippen LogP contribution in [0.4, 0.5) is 0 Å². The Morgan fingerprint density at radius 1 is 1.56 bits per heavy atom. The van der Waals surface area contributed by atoms with E-state index in [4.69, 9.17) is 5.73 Å². The minimum atomic E-state index is 0.0719. The molecule has 0 bridgehead atoms. The quantitative estimate of drug-likeness (QED) is 0.913. The van der Waals surface area contributed by atoms with Crippen molar-refractivity contribution < 1.29 is 4.79 Å². The lowest BCUT2D eigenvalue weighted by Crippen LogP contribution is -2.32. The standard InChI is InChI=1S/C13H21N3OS/c1-2-10-4-3-6-16(7-5-10)13(17)11-9-18-12(8-14)15-11/h9-10H,2-8,14H2,1H3. The number of carbonyl (C=O) groups excluding carboxylic acids is 1. The molecule has 0 radical (unpaired) electrons. The lowest BCUT2D eigenvalue weighted by atomic mass is 9.98. The Balaban J connectivity index is 2.00. The van der Waals surface area contributed by atoms with E-state index in [9.17, 15) is 4.79 Å². The van der Waals surface area contributed by atoms with Crippen molar-refractivity contribution in [2.24, 2.45) is 11.7 Å². The Labute approximate surface area is 112 Å². The maximum Gasteiger partial charge on any atom is 0.273 e. The average molecular weight is 267 g/mol. The largest absolute Gasteiger partial charge is 0.337 e. The molecule has 1 unspecified atom stereocenters. The van der Waals surface area contributed by atoms with E-state index in [-0.39, 0.29) is 5.91 Å². The molecule has 18 heavy (non-hydrogen) atoms. The zero-order chi connectivity index (χ0) is 13.0. The fourth-order valence-electron chi connectivity index (χ4n) is 2.44. The minimum absolute atomic E-state index is 0.0719. The summed E-state index contributed by atoms with van der Waals surface area (Å²) in [6, 6.07) is 0. The summed E-state index contributed by atoms with van der Waals surface area (Å²) < 4.78 is 0. The molecule has 1 atom stereocenters. The van der Waals surface area contributed by atoms with E-state index >= 15 is 0 Å². The number of carbonyl (C=O) groups is 1. The van der Waals surface area contributed by atoms with Gasteiger partial charge >= 0.3 is 0 Å². The Hall–Kier alpha value is -0.940. The van der Waals surface area contributed by atoms with Crippen LogP contribution in [0, 0.1) is 5.92 Å². The van der Waals surface area contributed by atoms with Gasteiger partial charge in [0.1, 0.15) is 10.7 Å². The number of nitrogens with two attached hydrogens (primary N) is 1. The van der Waals surface area contributed by atoms with E-state index in [1.807, 2.05) is 10.3 Å². The highest BCUT2D eigenvalue weighted by Gasteiger charge is 2.22. The highest BCUT2D eigenvalue weighted by Crippen LogP contribution is 2.21. The predicted octanol–water partition coefficient (Wildman–Crippen LogP) is 2.25. The highest BCUT2D eigenvalue weighted by molar-refractivity contribution is 7.09. The van der Waals surface area contributed by atoms with Gasteiger partial charge in [0.05, 0.1) is 0 Å². The predicted molar refractivity (Wildman–Crippen MR) is 73.5 cm³/mol. The van der Waals surface area contributed by atoms with Crippen LogP contribution in [0.2, 0.25) is 0 Å². The van der Waals surface area contributed by atoms with Crippen LogP contribution in [0.5, 0.6) is 0 Å². The van der Waals surface area contributed by atoms with Crippen LogP contribution in [0.1, 0.15) is 48.1 Å². The van der Waals surface area contributed by atoms with Crippen LogP contribution in [-0.2, 0) is 6.54 Å². The summed E-state index contributed by atoms with van der Waals surface area (Å²) in [6.45, 7) is 4.38. The third-order valence-electron chi connectivity index (χ3n) is 3.66. The second-order valence-corrected chi connectivity index (χ2v) is 5.77. The van der Waals surface area contributed by atoms with E-state index in [1.165, 1.54) is 24.2 Å². The Bertz CT molecular complexity index is 405. The van der Waals surface area contributed by atoms with Gasteiger partial charge in [0.2, 0.25) is 0 Å². The monoisotopic (exact) mass is 267 g/mol. The van der Waals surface area contributed by atoms with Gasteiger partial charge in [-0.15, -0.1) is 11.3 Å². The van der Waals surface area contributed by atoms with E-state index in [2.05, 4.69) is 11.9 Å². The van der Waals surface area contributed by atoms with Gasteiger partial charge in [-0.05, 0) is 25.2 Å². The van der Waals surface area contributed by atoms with E-state index in [0.29, 0.717) is 12.2 Å². The van der Waals surface area contributed by atoms with Crippen molar-refractivity contribution in [3.05, 3.63) is 16.1 Å². The SMILES string of the molecule is CCC1CCCN(C(=O)c2csc(CN)n2)CC1. The number of hydrogen-bond acceptors (Lipinski definition) is 4. The molecule has 1 aromatic rings. The van der Waals surface area contributed by atoms with Crippen molar-refractivity contribution in [2.45, 2.75) is 39.2 Å². The van der Waals surface area contributed by atoms with Crippen LogP contribution < -0.4 is 5.73 Å². The number of likely N-dealkylation sites (tertiary alicyclic amines) is 1. The first-order chi connectivity index (χ1) is 8.74. The minimum Gasteiger partial charge on any atom is -0.337 e. The number of rotatable bonds is 3. The zero-order valence-electron chi connectivity index (χ0n) is 10.9. The first-order valence-electron chi connectivity index (χ1n) is 6.68. The molecule has 0 aliphatic carbocycles. The van der Waals surface area contributed by atoms with Crippen LogP contribution >= 0.6 is 11.3 Å². The molecule has 1 amide bonds. The molecule has 2 heterocycles. The molecule has 1 saturated heterocycles. The Kier molecular flexibility index (Phi) is 4.72. The smallest absolute Gasteiger partial charge is 0.273 e. The van der Waals surface area contributed by atoms with Crippen molar-refractivity contribution in [3.63, 3.8) is 0 Å². The Morgan fingerprint density at radius 3 is 3.06 bits per heavy atom. The van der Waals surface area contributed by atoms with Gasteiger partial charge < -0.3 is 10.6 Å². The van der Waals surface area contributed by atoms with Gasteiger partial charge in [0.15, 0.2) is 0 Å². The maximum absolute atomic E-state index is 12.3. The summed E-state index contributed by atoms with van der Waals surface area (Å²) in [5, 5.41) is 2.66. The molecule has 0 spiro atoms. The van der Waals surface area contributed by atoms with Gasteiger partial charge in [-0.25, -0.2) is 4.98 Å². The zero-order valence-corrected chi connectivity index (χ0v) is 11.7. The summed E-state index contributed by atoms with van der Waals surface area (Å²) in [6.07, 6.45) is 4.69. The van der Waals surface area contributed by atoms with E-state index < -0.39 is 0 Å². The molecule has 2 rings (SSSR count). The molecule has 0 saturated carbocycles. The fourth-order valence-corrected chi connectivity index (χ4v) is 3.09. The van der Waals surface area contributed by atoms with Crippen molar-refractivity contribution in [3.8, 4) is 0 Å². The molecule has 2 N–H and O–H groups in total. The third kappa shape index (κ3) is 3.09. The highest BCUT2D eigenvalue weighted by atomic mass is 32.1. The van der Waals surface area contributed by atoms with Crippen molar-refractivity contribution >= 4 is 17.2 Å². The molecule has 100 valence electrons. The van der Waals surface area contributed by atoms with Crippen LogP contribution in [0.15, 0.2) is 5.38 Å². The van der Waals surface area contributed by atoms with Crippen LogP contribution in [-0.4, -0.2) is 28.9 Å². The lowest BCUT2D eigenvalue weighted by Gasteiger charge is -2.19. The first kappa shape index (κ1) is 13.5. The lowest BCUT2D eigenvalue weighted by molar-refractivity contribution is 0.0754. The second-order valence-electron chi connectivity index (χ2n) is 4.83. The molecule has 1 aliphatic rings. The molecule has 5 heteroatoms. The summed E-state index contributed by atoms with van der Waals surface area (Å²) in [7, 11) is 0. The topological polar surface area (TPSA) is 59.2 Å². The number of nitrogens with zero attached hydrogens (tertiary/aromatic N) is 2. The fraction of sp³-hybridized carbons (Fsp3) is 0.692. The maximum atomic E-state index is 12.3. The molecular weight excluding hydrogens is 246 g/mol. The molecule has 1 aliphatic heterocycles. The second kappa shape index (κ2) is 6.29. The number of amides is 1. The van der Waals surface area contributed by atoms with Gasteiger partial charge in [0, 0.05) is 25.0 Å². The summed E-state index contributed by atoms with van der Waals surface area (Å²) >= 11 is 1.47. The first-order valence-corrected chi connectivity index (χ1v) is 7.56. The van der Waals surface area contributed by atoms with E-state index in [1.54, 1.807) is 0 Å². The average Bonchev–Trinajstić information content (AvgIpc) is 2.75. The van der Waals surface area contributed by atoms with Gasteiger partial charge in [0.25, 0.3) is 5.91 Å². The molecule has 4 nitrogen and oxygen atoms in total. The molecule has 1 aromatic heterocycles. The third-order valence-corrected chi connectivity index (χ3v) is 4.53. The van der Waals surface area contributed by atoms with Crippen LogP contribution in [0.3, 0.4) is 0 Å². The number of thiazole rings is 1. The van der Waals surface area contributed by atoms with Crippen molar-refractivity contribution in [1.29, 1.82) is 0 Å². The van der Waals surface area contributed by atoms with Crippen molar-refractivity contribution in [1.82, 2.24) is 9.88 Å². The summed E-state index contributed by atoms with van der Waals surface area (Å²) in [5.41, 5.74) is 6.09. The van der Waals surface area contributed by atoms with Gasteiger partial charge in [-0.1, -0.05) is 13.3 Å². The normalized spacial score (nSPS) is 20.8. The molecule has 0 aromatic carbocycles. The molecule has 1 fully saturated rings. The summed E-state index contributed by atoms with van der Waals surface area (Å²) in [5.74, 6) is 0.848. The van der Waals surface area contributed by atoms with Crippen LogP contribution in [0.25, 0.3) is 0 Å². The van der Waals surface area contributed by atoms with E-state index in [0.717, 1.165) is 36.9 Å². The summed E-state index contributed by atoms with van der Waals surface area (Å²) in [4.78, 5) is 18.5. The van der Waals surface area contributed by atoms with Crippen molar-refractivity contribution in [2.75, 3.05) is 13.1 Å². The Morgan fingerprint density at radius 2 is 2.39 bits per heavy atom. The number of aromatic nitrogens is 1. The number of hydrogen-bond donors (Lipinski definition) is 1. The van der Waals surface area contributed by atoms with Gasteiger partial charge in [-0.3, -0.25) is 4.79 Å².